The Morgan fingerprint density at radius 2 is 1.86 bits per heavy atom. The fourth-order valence-electron chi connectivity index (χ4n) is 2.15. The average Bonchev–Trinajstić information content (AvgIpc) is 3.12. The van der Waals surface area contributed by atoms with Gasteiger partial charge in [-0.05, 0) is 23.9 Å². The lowest BCUT2D eigenvalue weighted by atomic mass is 10.2. The predicted octanol–water partition coefficient (Wildman–Crippen LogP) is 4.61. The third kappa shape index (κ3) is 2.34. The van der Waals surface area contributed by atoms with Crippen LogP contribution < -0.4 is 0 Å². The molecular formula is C16H11N3S2. The Morgan fingerprint density at radius 3 is 2.67 bits per heavy atom. The maximum Gasteiger partial charge on any atom is 0.195 e. The van der Waals surface area contributed by atoms with Gasteiger partial charge in [-0.15, -0.1) is 11.3 Å². The minimum atomic E-state index is 0.975. The largest absolute Gasteiger partial charge is 0.284 e. The summed E-state index contributed by atoms with van der Waals surface area (Å²) in [6, 6.07) is 16.2. The summed E-state index contributed by atoms with van der Waals surface area (Å²) >= 11 is 3.29. The number of nitrogens with zero attached hydrogens (tertiary/aromatic N) is 3. The molecule has 0 saturated heterocycles. The highest BCUT2D eigenvalue weighted by Gasteiger charge is 2.16. The SMILES string of the molecule is c1ccc(-c2nc3sccn3c2Sc2ccccn2)cc1. The molecule has 0 N–H and O–H groups in total. The van der Waals surface area contributed by atoms with Crippen LogP contribution >= 0.6 is 23.1 Å². The maximum atomic E-state index is 4.77. The fourth-order valence-corrected chi connectivity index (χ4v) is 3.89. The molecule has 0 amide bonds. The van der Waals surface area contributed by atoms with Crippen LogP contribution in [0.15, 0.2) is 76.4 Å². The van der Waals surface area contributed by atoms with E-state index < -0.39 is 0 Å². The van der Waals surface area contributed by atoms with Crippen LogP contribution in [-0.2, 0) is 0 Å². The summed E-state index contributed by atoms with van der Waals surface area (Å²) in [5, 5.41) is 4.14. The quantitative estimate of drug-likeness (QED) is 0.553. The molecule has 5 heteroatoms. The smallest absolute Gasteiger partial charge is 0.195 e. The molecule has 4 aromatic rings. The van der Waals surface area contributed by atoms with Gasteiger partial charge in [-0.1, -0.05) is 36.4 Å². The highest BCUT2D eigenvalue weighted by Crippen LogP contribution is 2.36. The van der Waals surface area contributed by atoms with Gasteiger partial charge in [0, 0.05) is 23.3 Å². The van der Waals surface area contributed by atoms with Gasteiger partial charge < -0.3 is 0 Å². The highest BCUT2D eigenvalue weighted by molar-refractivity contribution is 7.99. The van der Waals surface area contributed by atoms with Crippen molar-refractivity contribution >= 4 is 28.1 Å². The number of rotatable bonds is 3. The Balaban J connectivity index is 1.87. The second-order valence-corrected chi connectivity index (χ2v) is 6.34. The van der Waals surface area contributed by atoms with E-state index in [9.17, 15) is 0 Å². The van der Waals surface area contributed by atoms with Crippen molar-refractivity contribution in [3.05, 3.63) is 66.3 Å². The van der Waals surface area contributed by atoms with Crippen LogP contribution in [0.1, 0.15) is 0 Å². The van der Waals surface area contributed by atoms with E-state index in [-0.39, 0.29) is 0 Å². The van der Waals surface area contributed by atoms with Crippen molar-refractivity contribution in [1.29, 1.82) is 0 Å². The van der Waals surface area contributed by atoms with E-state index in [1.54, 1.807) is 23.1 Å². The van der Waals surface area contributed by atoms with Gasteiger partial charge in [-0.3, -0.25) is 4.40 Å². The van der Waals surface area contributed by atoms with Crippen LogP contribution in [0.5, 0.6) is 0 Å². The number of hydrogen-bond donors (Lipinski definition) is 0. The first-order valence-corrected chi connectivity index (χ1v) is 8.21. The van der Waals surface area contributed by atoms with E-state index >= 15 is 0 Å². The van der Waals surface area contributed by atoms with Crippen molar-refractivity contribution in [2.24, 2.45) is 0 Å². The van der Waals surface area contributed by atoms with Crippen LogP contribution in [-0.4, -0.2) is 14.4 Å². The number of hydrogen-bond acceptors (Lipinski definition) is 4. The van der Waals surface area contributed by atoms with Gasteiger partial charge in [0.1, 0.15) is 15.7 Å². The van der Waals surface area contributed by atoms with E-state index in [1.807, 2.05) is 42.6 Å². The lowest BCUT2D eigenvalue weighted by Crippen LogP contribution is -1.86. The van der Waals surface area contributed by atoms with Gasteiger partial charge in [-0.2, -0.15) is 0 Å². The second-order valence-electron chi connectivity index (χ2n) is 4.46. The number of fused-ring (bicyclic) bond motifs is 1. The van der Waals surface area contributed by atoms with Gasteiger partial charge >= 0.3 is 0 Å². The molecule has 4 rings (SSSR count). The van der Waals surface area contributed by atoms with Crippen molar-refractivity contribution in [2.75, 3.05) is 0 Å². The van der Waals surface area contributed by atoms with Gasteiger partial charge in [-0.25, -0.2) is 9.97 Å². The van der Waals surface area contributed by atoms with Crippen LogP contribution in [0, 0.1) is 0 Å². The van der Waals surface area contributed by atoms with Crippen molar-refractivity contribution in [3.8, 4) is 11.3 Å². The van der Waals surface area contributed by atoms with E-state index in [1.165, 1.54) is 0 Å². The van der Waals surface area contributed by atoms with Crippen LogP contribution in [0.2, 0.25) is 0 Å². The molecule has 3 aromatic heterocycles. The molecule has 0 aliphatic carbocycles. The average molecular weight is 309 g/mol. The molecule has 3 nitrogen and oxygen atoms in total. The molecule has 0 fully saturated rings. The standard InChI is InChI=1S/C16H11N3S2/c1-2-6-12(7-3-1)14-15(19-10-11-20-16(19)18-14)21-13-8-4-5-9-17-13/h1-11H. The van der Waals surface area contributed by atoms with Crippen molar-refractivity contribution in [1.82, 2.24) is 14.4 Å². The molecule has 0 saturated carbocycles. The molecule has 21 heavy (non-hydrogen) atoms. The molecule has 0 aliphatic rings. The molecule has 3 heterocycles. The first kappa shape index (κ1) is 12.6. The lowest BCUT2D eigenvalue weighted by molar-refractivity contribution is 1.06. The zero-order valence-electron chi connectivity index (χ0n) is 11.0. The number of pyridine rings is 1. The summed E-state index contributed by atoms with van der Waals surface area (Å²) in [5.41, 5.74) is 2.14. The lowest BCUT2D eigenvalue weighted by Gasteiger charge is -2.03. The van der Waals surface area contributed by atoms with Gasteiger partial charge in [0.05, 0.1) is 0 Å². The summed E-state index contributed by atoms with van der Waals surface area (Å²) < 4.78 is 2.13. The van der Waals surface area contributed by atoms with Crippen LogP contribution in [0.4, 0.5) is 0 Å². The number of benzene rings is 1. The third-order valence-corrected chi connectivity index (χ3v) is 4.90. The second kappa shape index (κ2) is 5.35. The van der Waals surface area contributed by atoms with Crippen molar-refractivity contribution in [3.63, 3.8) is 0 Å². The molecule has 0 aliphatic heterocycles. The fraction of sp³-hybridized carbons (Fsp3) is 0. The maximum absolute atomic E-state index is 4.77. The highest BCUT2D eigenvalue weighted by atomic mass is 32.2. The molecule has 0 bridgehead atoms. The Bertz CT molecular complexity index is 866. The summed E-state index contributed by atoms with van der Waals surface area (Å²) in [7, 11) is 0. The molecule has 102 valence electrons. The Labute approximate surface area is 130 Å². The van der Waals surface area contributed by atoms with Crippen molar-refractivity contribution < 1.29 is 0 Å². The molecule has 0 radical (unpaired) electrons. The van der Waals surface area contributed by atoms with Crippen LogP contribution in [0.3, 0.4) is 0 Å². The van der Waals surface area contributed by atoms with E-state index in [0.29, 0.717) is 0 Å². The number of imidazole rings is 1. The summed E-state index contributed by atoms with van der Waals surface area (Å²) in [4.78, 5) is 10.2. The third-order valence-electron chi connectivity index (χ3n) is 3.10. The number of thiazole rings is 1. The Kier molecular flexibility index (Phi) is 3.21. The Hall–Kier alpha value is -2.11. The topological polar surface area (TPSA) is 30.2 Å². The van der Waals surface area contributed by atoms with Crippen LogP contribution in [0.25, 0.3) is 16.2 Å². The van der Waals surface area contributed by atoms with Crippen molar-refractivity contribution in [2.45, 2.75) is 10.1 Å². The molecule has 0 unspecified atom stereocenters. The predicted molar refractivity (Wildman–Crippen MR) is 86.9 cm³/mol. The minimum absolute atomic E-state index is 0.975. The van der Waals surface area contributed by atoms with Gasteiger partial charge in [0.2, 0.25) is 0 Å². The summed E-state index contributed by atoms with van der Waals surface area (Å²) in [6.45, 7) is 0. The molecule has 0 spiro atoms. The monoisotopic (exact) mass is 309 g/mol. The first-order valence-electron chi connectivity index (χ1n) is 6.52. The molecule has 0 atom stereocenters. The molecule has 1 aromatic carbocycles. The zero-order chi connectivity index (χ0) is 14.1. The number of aromatic nitrogens is 3. The van der Waals surface area contributed by atoms with Gasteiger partial charge in [0.15, 0.2) is 4.96 Å². The van der Waals surface area contributed by atoms with E-state index in [4.69, 9.17) is 4.98 Å². The summed E-state index contributed by atoms with van der Waals surface area (Å²) in [6.07, 6.45) is 3.88. The first-order chi connectivity index (χ1) is 10.4. The van der Waals surface area contributed by atoms with E-state index in [0.717, 1.165) is 26.3 Å². The van der Waals surface area contributed by atoms with Gasteiger partial charge in [0.25, 0.3) is 0 Å². The minimum Gasteiger partial charge on any atom is -0.284 e. The van der Waals surface area contributed by atoms with E-state index in [2.05, 4.69) is 33.1 Å². The summed E-state index contributed by atoms with van der Waals surface area (Å²) in [5.74, 6) is 0. The Morgan fingerprint density at radius 1 is 1.00 bits per heavy atom. The molecular weight excluding hydrogens is 298 g/mol. The normalized spacial score (nSPS) is 11.0. The zero-order valence-corrected chi connectivity index (χ0v) is 12.6.